The number of amides is 1. The molecule has 3 rings (SSSR count). The Hall–Kier alpha value is -2.42. The molecule has 1 aliphatic heterocycles. The first-order valence-electron chi connectivity index (χ1n) is 9.53. The van der Waals surface area contributed by atoms with Crippen LogP contribution < -0.4 is 5.32 Å². The fourth-order valence-corrected chi connectivity index (χ4v) is 3.84. The van der Waals surface area contributed by atoms with Gasteiger partial charge in [0, 0.05) is 62.0 Å². The molecule has 0 spiro atoms. The van der Waals surface area contributed by atoms with Crippen LogP contribution in [0.2, 0.25) is 0 Å². The number of nitrogens with zero attached hydrogens (tertiary/aromatic N) is 2. The van der Waals surface area contributed by atoms with Crippen LogP contribution in [-0.4, -0.2) is 84.8 Å². The molecular weight excluding hydrogens is 360 g/mol. The van der Waals surface area contributed by atoms with E-state index < -0.39 is 12.0 Å². The lowest BCUT2D eigenvalue weighted by atomic mass is 10.0. The van der Waals surface area contributed by atoms with E-state index in [0.29, 0.717) is 45.9 Å². The van der Waals surface area contributed by atoms with E-state index in [1.165, 1.54) is 0 Å². The average molecular weight is 388 g/mol. The summed E-state index contributed by atoms with van der Waals surface area (Å²) in [4.78, 5) is 31.5. The van der Waals surface area contributed by atoms with Crippen LogP contribution >= 0.6 is 0 Å². The first-order valence-corrected chi connectivity index (χ1v) is 9.53. The summed E-state index contributed by atoms with van der Waals surface area (Å²) < 4.78 is 4.93. The van der Waals surface area contributed by atoms with Gasteiger partial charge in [-0.05, 0) is 13.0 Å². The number of aliphatic carboxylic acids is 1. The standard InChI is InChI=1S/C20H28N4O4/c1-14-18(15-5-3-4-6-16(15)22-14)19(20(26)27)24-10-8-23(9-11-24)13-17(25)21-7-12-28-2/h3-6,19,22H,7-13H2,1-2H3,(H,21,25)(H,26,27)/t19-/m1/s1. The maximum atomic E-state index is 12.2. The van der Waals surface area contributed by atoms with Crippen molar-refractivity contribution in [3.8, 4) is 0 Å². The quantitative estimate of drug-likeness (QED) is 0.584. The monoisotopic (exact) mass is 388 g/mol. The van der Waals surface area contributed by atoms with E-state index in [-0.39, 0.29) is 5.91 Å². The highest BCUT2D eigenvalue weighted by Gasteiger charge is 2.33. The zero-order valence-corrected chi connectivity index (χ0v) is 16.4. The first kappa shape index (κ1) is 20.3. The number of rotatable bonds is 8. The fourth-order valence-electron chi connectivity index (χ4n) is 3.84. The van der Waals surface area contributed by atoms with Crippen molar-refractivity contribution in [2.24, 2.45) is 0 Å². The second-order valence-corrected chi connectivity index (χ2v) is 7.10. The van der Waals surface area contributed by atoms with Crippen LogP contribution in [0.4, 0.5) is 0 Å². The topological polar surface area (TPSA) is 97.9 Å². The van der Waals surface area contributed by atoms with Crippen LogP contribution in [0.1, 0.15) is 17.3 Å². The van der Waals surface area contributed by atoms with Crippen LogP contribution in [0.3, 0.4) is 0 Å². The number of H-pyrrole nitrogens is 1. The lowest BCUT2D eigenvalue weighted by Gasteiger charge is -2.37. The molecule has 0 unspecified atom stereocenters. The number of ether oxygens (including phenoxy) is 1. The summed E-state index contributed by atoms with van der Waals surface area (Å²) in [6, 6.07) is 7.09. The minimum atomic E-state index is -0.849. The van der Waals surface area contributed by atoms with Crippen LogP contribution in [0, 0.1) is 6.92 Å². The van der Waals surface area contributed by atoms with E-state index in [0.717, 1.165) is 22.2 Å². The fraction of sp³-hybridized carbons (Fsp3) is 0.500. The second-order valence-electron chi connectivity index (χ2n) is 7.10. The number of aromatic amines is 1. The summed E-state index contributed by atoms with van der Waals surface area (Å²) in [6.45, 7) is 5.74. The number of piperazine rings is 1. The number of carboxylic acid groups (broad SMARTS) is 1. The predicted octanol–water partition coefficient (Wildman–Crippen LogP) is 0.982. The summed E-state index contributed by atoms with van der Waals surface area (Å²) in [7, 11) is 1.60. The number of hydrogen-bond donors (Lipinski definition) is 3. The molecule has 152 valence electrons. The highest BCUT2D eigenvalue weighted by atomic mass is 16.5. The summed E-state index contributed by atoms with van der Waals surface area (Å²) in [5.74, 6) is -0.883. The molecule has 1 amide bonds. The third kappa shape index (κ3) is 4.52. The number of benzene rings is 1. The second kappa shape index (κ2) is 9.18. The average Bonchev–Trinajstić information content (AvgIpc) is 2.99. The SMILES string of the molecule is COCCNC(=O)CN1CCN([C@@H](C(=O)O)c2c(C)[nH]c3ccccc23)CC1. The van der Waals surface area contributed by atoms with Gasteiger partial charge >= 0.3 is 5.97 Å². The van der Waals surface area contributed by atoms with Crippen molar-refractivity contribution in [2.45, 2.75) is 13.0 Å². The number of nitrogens with one attached hydrogen (secondary N) is 2. The molecule has 8 nitrogen and oxygen atoms in total. The van der Waals surface area contributed by atoms with Gasteiger partial charge in [0.1, 0.15) is 6.04 Å². The highest BCUT2D eigenvalue weighted by molar-refractivity contribution is 5.90. The molecule has 1 fully saturated rings. The van der Waals surface area contributed by atoms with Gasteiger partial charge in [-0.1, -0.05) is 18.2 Å². The normalized spacial score (nSPS) is 16.9. The van der Waals surface area contributed by atoms with Crippen LogP contribution in [-0.2, 0) is 14.3 Å². The molecule has 0 aliphatic carbocycles. The molecular formula is C20H28N4O4. The van der Waals surface area contributed by atoms with Gasteiger partial charge in [0.15, 0.2) is 0 Å². The van der Waals surface area contributed by atoms with Gasteiger partial charge in [-0.25, -0.2) is 0 Å². The van der Waals surface area contributed by atoms with E-state index in [2.05, 4.69) is 15.2 Å². The number of methoxy groups -OCH3 is 1. The highest BCUT2D eigenvalue weighted by Crippen LogP contribution is 2.32. The summed E-state index contributed by atoms with van der Waals surface area (Å²) in [6.07, 6.45) is 0. The van der Waals surface area contributed by atoms with E-state index in [1.54, 1.807) is 7.11 Å². The van der Waals surface area contributed by atoms with Crippen molar-refractivity contribution in [1.82, 2.24) is 20.1 Å². The van der Waals surface area contributed by atoms with Gasteiger partial charge in [0.2, 0.25) is 5.91 Å². The number of carboxylic acids is 1. The zero-order chi connectivity index (χ0) is 20.1. The molecule has 1 aliphatic rings. The lowest BCUT2D eigenvalue weighted by Crippen LogP contribution is -2.51. The minimum Gasteiger partial charge on any atom is -0.480 e. The molecule has 2 heterocycles. The van der Waals surface area contributed by atoms with Crippen molar-refractivity contribution < 1.29 is 19.4 Å². The molecule has 1 aromatic heterocycles. The predicted molar refractivity (Wildman–Crippen MR) is 106 cm³/mol. The molecule has 0 bridgehead atoms. The van der Waals surface area contributed by atoms with Crippen LogP contribution in [0.25, 0.3) is 10.9 Å². The first-order chi connectivity index (χ1) is 13.5. The Morgan fingerprint density at radius 1 is 1.25 bits per heavy atom. The molecule has 0 saturated carbocycles. The van der Waals surface area contributed by atoms with Gasteiger partial charge in [0.05, 0.1) is 13.2 Å². The van der Waals surface area contributed by atoms with Gasteiger partial charge in [-0.15, -0.1) is 0 Å². The molecule has 1 aromatic carbocycles. The maximum absolute atomic E-state index is 12.2. The van der Waals surface area contributed by atoms with Crippen molar-refractivity contribution in [2.75, 3.05) is 53.0 Å². The van der Waals surface area contributed by atoms with E-state index in [1.807, 2.05) is 36.1 Å². The van der Waals surface area contributed by atoms with Crippen molar-refractivity contribution >= 4 is 22.8 Å². The van der Waals surface area contributed by atoms with Gasteiger partial charge in [-0.2, -0.15) is 0 Å². The number of aryl methyl sites for hydroxylation is 1. The van der Waals surface area contributed by atoms with Gasteiger partial charge in [-0.3, -0.25) is 19.4 Å². The Morgan fingerprint density at radius 3 is 2.64 bits per heavy atom. The Morgan fingerprint density at radius 2 is 1.96 bits per heavy atom. The number of fused-ring (bicyclic) bond motifs is 1. The van der Waals surface area contributed by atoms with E-state index in [9.17, 15) is 14.7 Å². The number of aromatic nitrogens is 1. The Kier molecular flexibility index (Phi) is 6.66. The summed E-state index contributed by atoms with van der Waals surface area (Å²) in [5.41, 5.74) is 2.66. The molecule has 3 N–H and O–H groups in total. The number of carbonyl (C=O) groups is 2. The molecule has 1 atom stereocenters. The minimum absolute atomic E-state index is 0.0345. The van der Waals surface area contributed by atoms with Crippen molar-refractivity contribution in [3.63, 3.8) is 0 Å². The largest absolute Gasteiger partial charge is 0.480 e. The number of hydrogen-bond acceptors (Lipinski definition) is 5. The zero-order valence-electron chi connectivity index (χ0n) is 16.4. The maximum Gasteiger partial charge on any atom is 0.325 e. The smallest absolute Gasteiger partial charge is 0.325 e. The van der Waals surface area contributed by atoms with Crippen LogP contribution in [0.5, 0.6) is 0 Å². The molecule has 0 radical (unpaired) electrons. The van der Waals surface area contributed by atoms with Gasteiger partial charge in [0.25, 0.3) is 0 Å². The number of carbonyl (C=O) groups excluding carboxylic acids is 1. The Balaban J connectivity index is 1.66. The molecule has 1 saturated heterocycles. The lowest BCUT2D eigenvalue weighted by molar-refractivity contribution is -0.144. The Bertz CT molecular complexity index is 827. The molecule has 28 heavy (non-hydrogen) atoms. The van der Waals surface area contributed by atoms with Gasteiger partial charge < -0.3 is 20.1 Å². The summed E-state index contributed by atoms with van der Waals surface area (Å²) in [5, 5.41) is 13.7. The van der Waals surface area contributed by atoms with Crippen molar-refractivity contribution in [1.29, 1.82) is 0 Å². The van der Waals surface area contributed by atoms with E-state index in [4.69, 9.17) is 4.74 Å². The van der Waals surface area contributed by atoms with Crippen LogP contribution in [0.15, 0.2) is 24.3 Å². The summed E-state index contributed by atoms with van der Waals surface area (Å²) >= 11 is 0. The third-order valence-electron chi connectivity index (χ3n) is 5.22. The molecule has 2 aromatic rings. The third-order valence-corrected chi connectivity index (χ3v) is 5.22. The Labute approximate surface area is 164 Å². The number of para-hydroxylation sites is 1. The van der Waals surface area contributed by atoms with E-state index >= 15 is 0 Å². The van der Waals surface area contributed by atoms with Crippen molar-refractivity contribution in [3.05, 3.63) is 35.5 Å². The molecule has 8 heteroatoms.